The minimum atomic E-state index is -0.775. The predicted octanol–water partition coefficient (Wildman–Crippen LogP) is 3.04. The number of hydrogen-bond donors (Lipinski definition) is 3. The van der Waals surface area contributed by atoms with Crippen molar-refractivity contribution < 1.29 is 38.1 Å². The Morgan fingerprint density at radius 1 is 1.15 bits per heavy atom. The van der Waals surface area contributed by atoms with Gasteiger partial charge < -0.3 is 34.3 Å². The largest absolute Gasteiger partial charge is 0.493 e. The molecule has 0 radical (unpaired) electrons. The molecule has 0 spiro atoms. The number of methoxy groups -OCH3 is 2. The summed E-state index contributed by atoms with van der Waals surface area (Å²) in [6.45, 7) is 3.24. The van der Waals surface area contributed by atoms with Crippen LogP contribution in [0.15, 0.2) is 46.7 Å². The highest BCUT2D eigenvalue weighted by molar-refractivity contribution is 14.1. The molecule has 0 aliphatic carbocycles. The van der Waals surface area contributed by atoms with Crippen molar-refractivity contribution in [3.05, 3.63) is 56.3 Å². The van der Waals surface area contributed by atoms with E-state index >= 15 is 0 Å². The molecule has 0 fully saturated rings. The first-order chi connectivity index (χ1) is 19.7. The summed E-state index contributed by atoms with van der Waals surface area (Å²) in [7, 11) is 2.94. The Balaban J connectivity index is 1.67. The zero-order chi connectivity index (χ0) is 29.9. The van der Waals surface area contributed by atoms with Gasteiger partial charge in [0.25, 0.3) is 5.91 Å². The van der Waals surface area contributed by atoms with Crippen LogP contribution in [0.2, 0.25) is 0 Å². The monoisotopic (exact) mass is 676 g/mol. The van der Waals surface area contributed by atoms with Gasteiger partial charge in [-0.3, -0.25) is 4.79 Å². The maximum Gasteiger partial charge on any atom is 0.338 e. The van der Waals surface area contributed by atoms with Crippen LogP contribution in [-0.2, 0) is 14.3 Å². The quantitative estimate of drug-likeness (QED) is 0.102. The van der Waals surface area contributed by atoms with Crippen molar-refractivity contribution in [2.45, 2.75) is 19.9 Å². The van der Waals surface area contributed by atoms with E-state index in [1.165, 1.54) is 20.4 Å². The fourth-order valence-electron chi connectivity index (χ4n) is 3.83. The number of allylic oxidation sites excluding steroid dienone is 1. The van der Waals surface area contributed by atoms with Gasteiger partial charge in [0.05, 0.1) is 42.2 Å². The van der Waals surface area contributed by atoms with Crippen LogP contribution in [0.1, 0.15) is 31.0 Å². The van der Waals surface area contributed by atoms with Gasteiger partial charge in [-0.05, 0) is 71.8 Å². The number of esters is 1. The Morgan fingerprint density at radius 3 is 2.59 bits per heavy atom. The van der Waals surface area contributed by atoms with Gasteiger partial charge in [-0.15, -0.1) is 6.42 Å². The van der Waals surface area contributed by atoms with E-state index in [0.29, 0.717) is 34.1 Å². The Morgan fingerprint density at radius 2 is 1.90 bits per heavy atom. The standard InChI is InChI=1S/C28H29IN4O8/c1-6-10-40-26-19(29)11-17(12-22(26)38-5)14-30-33-23(34)15-41-20-9-8-18(13-21(20)37-4)25-24(27(35)39-7-2)16(3)31-28(36)32-25/h1,8-9,11-14,25H,7,10,15H2,2-5H3,(H,33,34)(H2,31,32,36)/b30-14-/t25-/m0/s1. The highest BCUT2D eigenvalue weighted by atomic mass is 127. The van der Waals surface area contributed by atoms with E-state index in [9.17, 15) is 14.4 Å². The van der Waals surface area contributed by atoms with Gasteiger partial charge in [0.1, 0.15) is 6.61 Å². The lowest BCUT2D eigenvalue weighted by Crippen LogP contribution is -2.45. The molecule has 1 atom stereocenters. The van der Waals surface area contributed by atoms with Gasteiger partial charge >= 0.3 is 12.0 Å². The van der Waals surface area contributed by atoms with Gasteiger partial charge in [0.2, 0.25) is 0 Å². The second-order valence-electron chi connectivity index (χ2n) is 8.31. The van der Waals surface area contributed by atoms with Crippen molar-refractivity contribution in [3.8, 4) is 35.3 Å². The summed E-state index contributed by atoms with van der Waals surface area (Å²) in [5.74, 6) is 2.90. The zero-order valence-electron chi connectivity index (χ0n) is 22.8. The molecule has 0 saturated carbocycles. The van der Waals surface area contributed by atoms with Gasteiger partial charge in [-0.25, -0.2) is 15.0 Å². The molecule has 2 aromatic carbocycles. The number of terminal acetylenes is 1. The summed E-state index contributed by atoms with van der Waals surface area (Å²) in [5.41, 5.74) is 4.27. The second-order valence-corrected chi connectivity index (χ2v) is 9.47. The normalized spacial score (nSPS) is 14.4. The third-order valence-electron chi connectivity index (χ3n) is 5.60. The third-order valence-corrected chi connectivity index (χ3v) is 6.40. The summed E-state index contributed by atoms with van der Waals surface area (Å²) in [6, 6.07) is 7.10. The molecule has 3 rings (SSSR count). The minimum Gasteiger partial charge on any atom is -0.493 e. The van der Waals surface area contributed by atoms with E-state index in [1.54, 1.807) is 44.2 Å². The first-order valence-corrected chi connectivity index (χ1v) is 13.3. The van der Waals surface area contributed by atoms with Crippen molar-refractivity contribution in [2.24, 2.45) is 5.10 Å². The lowest BCUT2D eigenvalue weighted by Gasteiger charge is -2.28. The molecule has 0 saturated heterocycles. The fourth-order valence-corrected chi connectivity index (χ4v) is 4.61. The van der Waals surface area contributed by atoms with E-state index in [1.807, 2.05) is 0 Å². The van der Waals surface area contributed by atoms with E-state index in [0.717, 1.165) is 3.57 Å². The number of benzene rings is 2. The fraction of sp³-hybridized carbons (Fsp3) is 0.286. The number of halogens is 1. The molecule has 41 heavy (non-hydrogen) atoms. The SMILES string of the molecule is C#CCOc1c(I)cc(/C=N\NC(=O)COc2ccc([C@@H]3NC(=O)NC(C)=C3C(=O)OCC)cc2OC)cc1OC. The zero-order valence-corrected chi connectivity index (χ0v) is 25.0. The molecule has 3 N–H and O–H groups in total. The number of urea groups is 1. The summed E-state index contributed by atoms with van der Waals surface area (Å²) in [6.07, 6.45) is 6.71. The van der Waals surface area contributed by atoms with Crippen LogP contribution in [0.3, 0.4) is 0 Å². The number of rotatable bonds is 12. The maximum atomic E-state index is 12.6. The molecule has 0 aromatic heterocycles. The summed E-state index contributed by atoms with van der Waals surface area (Å²) < 4.78 is 27.9. The first kappa shape index (κ1) is 31.1. The third kappa shape index (κ3) is 8.04. The number of carbonyl (C=O) groups is 3. The molecule has 1 aliphatic heterocycles. The van der Waals surface area contributed by atoms with E-state index in [-0.39, 0.29) is 31.1 Å². The van der Waals surface area contributed by atoms with Crippen molar-refractivity contribution >= 4 is 46.7 Å². The van der Waals surface area contributed by atoms with Gasteiger partial charge in [-0.2, -0.15) is 5.10 Å². The molecule has 1 heterocycles. The number of nitrogens with zero attached hydrogens (tertiary/aromatic N) is 1. The van der Waals surface area contributed by atoms with E-state index in [2.05, 4.69) is 49.7 Å². The lowest BCUT2D eigenvalue weighted by molar-refractivity contribution is -0.139. The van der Waals surface area contributed by atoms with Crippen LogP contribution in [0, 0.1) is 15.9 Å². The highest BCUT2D eigenvalue weighted by Gasteiger charge is 2.32. The topological polar surface area (TPSA) is 146 Å². The van der Waals surface area contributed by atoms with E-state index in [4.69, 9.17) is 30.1 Å². The molecular formula is C28H29IN4O8. The molecule has 0 bridgehead atoms. The van der Waals surface area contributed by atoms with Crippen LogP contribution in [-0.4, -0.2) is 58.2 Å². The number of hydrazone groups is 1. The molecule has 1 aliphatic rings. The van der Waals surface area contributed by atoms with Crippen LogP contribution in [0.4, 0.5) is 4.79 Å². The summed E-state index contributed by atoms with van der Waals surface area (Å²) in [5, 5.41) is 9.28. The Bertz CT molecular complexity index is 1420. The van der Waals surface area contributed by atoms with Gasteiger partial charge in [0.15, 0.2) is 29.6 Å². The van der Waals surface area contributed by atoms with Crippen LogP contribution in [0.25, 0.3) is 0 Å². The Hall–Kier alpha value is -4.45. The first-order valence-electron chi connectivity index (χ1n) is 12.2. The molecule has 2 aromatic rings. The molecule has 3 amide bonds. The highest BCUT2D eigenvalue weighted by Crippen LogP contribution is 2.35. The Labute approximate surface area is 250 Å². The minimum absolute atomic E-state index is 0.101. The molecule has 13 heteroatoms. The lowest BCUT2D eigenvalue weighted by atomic mass is 9.95. The van der Waals surface area contributed by atoms with Crippen molar-refractivity contribution in [1.29, 1.82) is 0 Å². The van der Waals surface area contributed by atoms with Crippen molar-refractivity contribution in [3.63, 3.8) is 0 Å². The second kappa shape index (κ2) is 14.8. The summed E-state index contributed by atoms with van der Waals surface area (Å²) in [4.78, 5) is 37.1. The number of nitrogens with one attached hydrogen (secondary N) is 3. The average molecular weight is 676 g/mol. The van der Waals surface area contributed by atoms with Crippen LogP contribution < -0.4 is 35.0 Å². The van der Waals surface area contributed by atoms with Crippen molar-refractivity contribution in [1.82, 2.24) is 16.1 Å². The number of amides is 3. The Kier molecular flexibility index (Phi) is 11.2. The maximum absolute atomic E-state index is 12.6. The van der Waals surface area contributed by atoms with Crippen LogP contribution >= 0.6 is 22.6 Å². The average Bonchev–Trinajstić information content (AvgIpc) is 2.94. The predicted molar refractivity (Wildman–Crippen MR) is 158 cm³/mol. The van der Waals surface area contributed by atoms with Gasteiger partial charge in [-0.1, -0.05) is 12.0 Å². The molecule has 12 nitrogen and oxygen atoms in total. The number of hydrogen-bond acceptors (Lipinski definition) is 9. The smallest absolute Gasteiger partial charge is 0.338 e. The molecule has 0 unspecified atom stereocenters. The van der Waals surface area contributed by atoms with E-state index < -0.39 is 23.9 Å². The summed E-state index contributed by atoms with van der Waals surface area (Å²) >= 11 is 2.09. The van der Waals surface area contributed by atoms with Crippen LogP contribution in [0.5, 0.6) is 23.0 Å². The molecular weight excluding hydrogens is 647 g/mol. The number of ether oxygens (including phenoxy) is 5. The van der Waals surface area contributed by atoms with Crippen molar-refractivity contribution in [2.75, 3.05) is 34.0 Å². The van der Waals surface area contributed by atoms with Gasteiger partial charge in [0, 0.05) is 5.70 Å². The molecule has 216 valence electrons. The number of carbonyl (C=O) groups excluding carboxylic acids is 3.